The average molecular weight is 655 g/mol. The quantitative estimate of drug-likeness (QED) is 0.138. The number of methoxy groups -OCH3 is 1. The van der Waals surface area contributed by atoms with Crippen LogP contribution in [0.5, 0.6) is 5.75 Å². The fraction of sp³-hybridized carbons (Fsp3) is 0.710. The summed E-state index contributed by atoms with van der Waals surface area (Å²) in [6.07, 6.45) is 9.26. The molecule has 0 bridgehead atoms. The number of benzene rings is 1. The van der Waals surface area contributed by atoms with Gasteiger partial charge in [-0.1, -0.05) is 0 Å². The van der Waals surface area contributed by atoms with Gasteiger partial charge >= 0.3 is 243 Å². The Hall–Kier alpha value is -1.77. The first-order chi connectivity index (χ1) is 18.7. The van der Waals surface area contributed by atoms with Crippen LogP contribution in [0.3, 0.4) is 0 Å². The van der Waals surface area contributed by atoms with Crippen LogP contribution < -0.4 is 8.32 Å². The fourth-order valence-corrected chi connectivity index (χ4v) is 11.2. The molecule has 7 nitrogen and oxygen atoms in total. The molecule has 39 heavy (non-hydrogen) atoms. The van der Waals surface area contributed by atoms with Crippen molar-refractivity contribution >= 4 is 41.1 Å². The molecule has 0 heterocycles. The normalized spacial score (nSPS) is 14.9. The van der Waals surface area contributed by atoms with Crippen LogP contribution in [0.15, 0.2) is 24.3 Å². The summed E-state index contributed by atoms with van der Waals surface area (Å²) in [5.74, 6) is -1.85. The van der Waals surface area contributed by atoms with Crippen molar-refractivity contribution < 1.29 is 28.3 Å². The van der Waals surface area contributed by atoms with E-state index in [-0.39, 0.29) is 17.8 Å². The van der Waals surface area contributed by atoms with Crippen LogP contribution >= 0.6 is 0 Å². The van der Waals surface area contributed by atoms with Gasteiger partial charge in [-0.05, 0) is 0 Å². The van der Waals surface area contributed by atoms with Gasteiger partial charge < -0.3 is 0 Å². The van der Waals surface area contributed by atoms with Gasteiger partial charge in [0.1, 0.15) is 0 Å². The molecule has 0 radical (unpaired) electrons. The molecule has 0 amide bonds. The van der Waals surface area contributed by atoms with Gasteiger partial charge in [0, 0.05) is 0 Å². The molecule has 3 unspecified atom stereocenters. The molecule has 0 saturated heterocycles. The molecule has 0 saturated carbocycles. The predicted molar refractivity (Wildman–Crippen MR) is 157 cm³/mol. The molecule has 0 aliphatic carbocycles. The minimum atomic E-state index is -5.40. The molecular weight excluding hydrogens is 603 g/mol. The fourth-order valence-electron chi connectivity index (χ4n) is 4.50. The van der Waals surface area contributed by atoms with Crippen LogP contribution in [-0.4, -0.2) is 44.6 Å². The molecule has 1 aromatic carbocycles. The van der Waals surface area contributed by atoms with E-state index < -0.39 is 37.5 Å². The SMILES string of the molecule is CCCCC(CC)C(=O)[O][Sn]([O]C(=O)C(CC)CCCC)([O]C(=O)C(CC)CCCC)[c]1ccc(OC)cc1. The zero-order chi connectivity index (χ0) is 29.3. The van der Waals surface area contributed by atoms with Crippen molar-refractivity contribution in [3.8, 4) is 5.75 Å². The van der Waals surface area contributed by atoms with Gasteiger partial charge in [-0.3, -0.25) is 0 Å². The van der Waals surface area contributed by atoms with Gasteiger partial charge in [0.05, 0.1) is 0 Å². The topological polar surface area (TPSA) is 88.1 Å². The van der Waals surface area contributed by atoms with E-state index in [1.165, 1.54) is 0 Å². The number of hydrogen-bond acceptors (Lipinski definition) is 7. The summed E-state index contributed by atoms with van der Waals surface area (Å²) in [5, 5.41) is 0. The minimum absolute atomic E-state index is 0.360. The predicted octanol–water partition coefficient (Wildman–Crippen LogP) is 7.12. The van der Waals surface area contributed by atoms with E-state index in [9.17, 15) is 14.4 Å². The van der Waals surface area contributed by atoms with Crippen molar-refractivity contribution in [2.75, 3.05) is 7.11 Å². The third-order valence-electron chi connectivity index (χ3n) is 7.35. The number of carbonyl (C=O) groups excluding carboxylic acids is 3. The van der Waals surface area contributed by atoms with Crippen LogP contribution in [0.1, 0.15) is 119 Å². The average Bonchev–Trinajstić information content (AvgIpc) is 2.94. The number of carbonyl (C=O) groups is 3. The monoisotopic (exact) mass is 656 g/mol. The van der Waals surface area contributed by atoms with Crippen LogP contribution in [0.4, 0.5) is 0 Å². The first-order valence-corrected chi connectivity index (χ1v) is 20.0. The standard InChI is InChI=1S/3C8H16O2.C7H7O.Sn/c3*1-3-5-6-7(4-2)8(9)10;1-8-7-5-3-2-4-6-7;/h3*7H,3-6H2,1-2H3,(H,9,10);3-6H,1H3;/q;;;;+3/p-3. The number of hydrogen-bond donors (Lipinski definition) is 0. The van der Waals surface area contributed by atoms with Crippen molar-refractivity contribution in [1.29, 1.82) is 0 Å². The van der Waals surface area contributed by atoms with Crippen LogP contribution in [0.25, 0.3) is 0 Å². The molecule has 1 rings (SSSR count). The van der Waals surface area contributed by atoms with Crippen molar-refractivity contribution in [3.63, 3.8) is 0 Å². The summed E-state index contributed by atoms with van der Waals surface area (Å²) in [6, 6.07) is 6.84. The number of unbranched alkanes of at least 4 members (excludes halogenated alkanes) is 3. The molecule has 0 N–H and O–H groups in total. The second-order valence-corrected chi connectivity index (χ2v) is 16.9. The van der Waals surface area contributed by atoms with E-state index in [1.54, 1.807) is 31.4 Å². The molecule has 0 spiro atoms. The Kier molecular flexibility index (Phi) is 17.5. The summed E-state index contributed by atoms with van der Waals surface area (Å²) < 4.78 is 24.5. The first kappa shape index (κ1) is 35.3. The molecule has 0 aromatic heterocycles. The Labute approximate surface area is 242 Å². The Morgan fingerprint density at radius 3 is 1.21 bits per heavy atom. The Bertz CT molecular complexity index is 781. The molecule has 8 heteroatoms. The van der Waals surface area contributed by atoms with E-state index in [0.29, 0.717) is 47.9 Å². The second kappa shape index (κ2) is 19.3. The van der Waals surface area contributed by atoms with Gasteiger partial charge in [-0.15, -0.1) is 0 Å². The molecule has 3 atom stereocenters. The van der Waals surface area contributed by atoms with Crippen molar-refractivity contribution in [1.82, 2.24) is 0 Å². The van der Waals surface area contributed by atoms with E-state index in [1.807, 2.05) is 20.8 Å². The maximum absolute atomic E-state index is 13.6. The molecule has 0 fully saturated rings. The van der Waals surface area contributed by atoms with Gasteiger partial charge in [-0.25, -0.2) is 0 Å². The van der Waals surface area contributed by atoms with Crippen molar-refractivity contribution in [2.45, 2.75) is 119 Å². The van der Waals surface area contributed by atoms with Gasteiger partial charge in [0.15, 0.2) is 0 Å². The molecule has 1 aromatic rings. The Morgan fingerprint density at radius 2 is 0.949 bits per heavy atom. The summed E-state index contributed by atoms with van der Waals surface area (Å²) in [4.78, 5) is 40.8. The van der Waals surface area contributed by atoms with E-state index in [0.717, 1.165) is 38.5 Å². The zero-order valence-electron chi connectivity index (χ0n) is 25.4. The number of rotatable bonds is 20. The van der Waals surface area contributed by atoms with Crippen LogP contribution in [-0.2, 0) is 23.6 Å². The second-order valence-electron chi connectivity index (χ2n) is 10.3. The van der Waals surface area contributed by atoms with E-state index >= 15 is 0 Å². The summed E-state index contributed by atoms with van der Waals surface area (Å²) >= 11 is -5.40. The molecule has 0 aliphatic rings. The zero-order valence-corrected chi connectivity index (χ0v) is 28.2. The summed E-state index contributed by atoms with van der Waals surface area (Å²) in [7, 11) is 1.56. The van der Waals surface area contributed by atoms with E-state index in [4.69, 9.17) is 14.0 Å². The van der Waals surface area contributed by atoms with Crippen molar-refractivity contribution in [3.05, 3.63) is 24.3 Å². The Balaban J connectivity index is 3.63. The molecule has 222 valence electrons. The Morgan fingerprint density at radius 1 is 0.615 bits per heavy atom. The maximum atomic E-state index is 13.6. The van der Waals surface area contributed by atoms with Crippen LogP contribution in [0, 0.1) is 17.8 Å². The third-order valence-corrected chi connectivity index (χ3v) is 14.3. The van der Waals surface area contributed by atoms with E-state index in [2.05, 4.69) is 20.8 Å². The third kappa shape index (κ3) is 11.3. The van der Waals surface area contributed by atoms with Gasteiger partial charge in [0.2, 0.25) is 0 Å². The molecule has 0 aliphatic heterocycles. The van der Waals surface area contributed by atoms with Crippen molar-refractivity contribution in [2.24, 2.45) is 17.8 Å². The number of ether oxygens (including phenoxy) is 1. The summed E-state index contributed by atoms with van der Waals surface area (Å²) in [6.45, 7) is 12.1. The first-order valence-electron chi connectivity index (χ1n) is 15.1. The van der Waals surface area contributed by atoms with Gasteiger partial charge in [0.25, 0.3) is 0 Å². The summed E-state index contributed by atoms with van der Waals surface area (Å²) in [5.41, 5.74) is 0. The van der Waals surface area contributed by atoms with Crippen LogP contribution in [0.2, 0.25) is 0 Å². The molecular formula is C31H52O7Sn. The van der Waals surface area contributed by atoms with Gasteiger partial charge in [-0.2, -0.15) is 0 Å².